The third-order valence-corrected chi connectivity index (χ3v) is 4.88. The number of benzene rings is 1. The van der Waals surface area contributed by atoms with E-state index < -0.39 is 0 Å². The molecule has 3 rings (SSSR count). The summed E-state index contributed by atoms with van der Waals surface area (Å²) in [4.78, 5) is 2.40. The molecule has 0 aliphatic carbocycles. The molecular formula is C15H19BrN4. The minimum atomic E-state index is 0.887. The van der Waals surface area contributed by atoms with Crippen molar-refractivity contribution in [1.82, 2.24) is 14.7 Å². The van der Waals surface area contributed by atoms with Crippen molar-refractivity contribution in [2.24, 2.45) is 7.05 Å². The molecule has 1 aliphatic heterocycles. The van der Waals surface area contributed by atoms with Crippen LogP contribution in [0, 0.1) is 0 Å². The lowest BCUT2D eigenvalue weighted by Crippen LogP contribution is -2.18. The molecule has 0 saturated carbocycles. The fourth-order valence-electron chi connectivity index (χ4n) is 2.83. The van der Waals surface area contributed by atoms with Gasteiger partial charge < -0.3 is 5.73 Å². The minimum Gasteiger partial charge on any atom is -0.398 e. The molecule has 0 fully saturated rings. The summed E-state index contributed by atoms with van der Waals surface area (Å²) >= 11 is 3.68. The third-order valence-electron chi connectivity index (χ3n) is 3.96. The zero-order valence-electron chi connectivity index (χ0n) is 11.9. The first-order valence-corrected chi connectivity index (χ1v) is 7.68. The van der Waals surface area contributed by atoms with Gasteiger partial charge in [-0.3, -0.25) is 9.58 Å². The highest BCUT2D eigenvalue weighted by molar-refractivity contribution is 9.10. The number of nitrogens with two attached hydrogens (primary N) is 1. The summed E-state index contributed by atoms with van der Waals surface area (Å²) in [7, 11) is 2.01. The zero-order chi connectivity index (χ0) is 14.3. The number of fused-ring (bicyclic) bond motifs is 1. The molecule has 4 nitrogen and oxygen atoms in total. The van der Waals surface area contributed by atoms with Gasteiger partial charge in [-0.15, -0.1) is 0 Å². The van der Waals surface area contributed by atoms with E-state index in [2.05, 4.69) is 38.9 Å². The van der Waals surface area contributed by atoms with Crippen LogP contribution in [0.1, 0.15) is 29.4 Å². The summed E-state index contributed by atoms with van der Waals surface area (Å²) in [6, 6.07) is 6.19. The van der Waals surface area contributed by atoms with Crippen LogP contribution >= 0.6 is 15.9 Å². The number of aromatic nitrogens is 2. The molecule has 0 unspecified atom stereocenters. The predicted molar refractivity (Wildman–Crippen MR) is 84.1 cm³/mol. The molecule has 2 aromatic rings. The van der Waals surface area contributed by atoms with Gasteiger partial charge in [-0.1, -0.05) is 19.1 Å². The van der Waals surface area contributed by atoms with Crippen LogP contribution in [0.4, 0.5) is 5.69 Å². The van der Waals surface area contributed by atoms with Crippen LogP contribution < -0.4 is 5.73 Å². The fraction of sp³-hybridized carbons (Fsp3) is 0.400. The largest absolute Gasteiger partial charge is 0.398 e. The van der Waals surface area contributed by atoms with Gasteiger partial charge in [0.1, 0.15) is 0 Å². The van der Waals surface area contributed by atoms with E-state index in [1.165, 1.54) is 16.8 Å². The molecule has 106 valence electrons. The van der Waals surface area contributed by atoms with Crippen molar-refractivity contribution < 1.29 is 0 Å². The molecule has 1 aromatic carbocycles. The average Bonchev–Trinajstić information content (AvgIpc) is 2.95. The molecule has 5 heteroatoms. The molecule has 20 heavy (non-hydrogen) atoms. The summed E-state index contributed by atoms with van der Waals surface area (Å²) in [5, 5.41) is 4.56. The average molecular weight is 335 g/mol. The van der Waals surface area contributed by atoms with Crippen LogP contribution in [0.2, 0.25) is 0 Å². The number of nitrogen functional groups attached to an aromatic ring is 1. The number of hydrogen-bond acceptors (Lipinski definition) is 3. The molecule has 2 N–H and O–H groups in total. The van der Waals surface area contributed by atoms with Gasteiger partial charge in [0.15, 0.2) is 0 Å². The molecule has 1 aliphatic rings. The Morgan fingerprint density at radius 3 is 2.80 bits per heavy atom. The van der Waals surface area contributed by atoms with E-state index in [1.807, 2.05) is 23.9 Å². The monoisotopic (exact) mass is 334 g/mol. The minimum absolute atomic E-state index is 0.887. The van der Waals surface area contributed by atoms with E-state index >= 15 is 0 Å². The van der Waals surface area contributed by atoms with Crippen LogP contribution in [0.3, 0.4) is 0 Å². The lowest BCUT2D eigenvalue weighted by Gasteiger charge is -2.15. The second-order valence-electron chi connectivity index (χ2n) is 5.31. The second kappa shape index (κ2) is 5.22. The Morgan fingerprint density at radius 2 is 2.15 bits per heavy atom. The SMILES string of the molecule is CCc1nn(C)c(CN2Cc3cccc(N)c3C2)c1Br. The summed E-state index contributed by atoms with van der Waals surface area (Å²) in [5.41, 5.74) is 11.9. The van der Waals surface area contributed by atoms with Crippen molar-refractivity contribution in [2.75, 3.05) is 5.73 Å². The third kappa shape index (κ3) is 2.25. The van der Waals surface area contributed by atoms with Gasteiger partial charge in [0.2, 0.25) is 0 Å². The van der Waals surface area contributed by atoms with E-state index in [-0.39, 0.29) is 0 Å². The molecule has 1 aromatic heterocycles. The van der Waals surface area contributed by atoms with E-state index in [9.17, 15) is 0 Å². The van der Waals surface area contributed by atoms with Gasteiger partial charge in [-0.25, -0.2) is 0 Å². The molecule has 0 bridgehead atoms. The lowest BCUT2D eigenvalue weighted by molar-refractivity contribution is 0.267. The molecule has 0 saturated heterocycles. The number of rotatable bonds is 3. The molecule has 0 spiro atoms. The van der Waals surface area contributed by atoms with Gasteiger partial charge >= 0.3 is 0 Å². The maximum atomic E-state index is 6.06. The first-order chi connectivity index (χ1) is 9.60. The van der Waals surface area contributed by atoms with Gasteiger partial charge in [0.25, 0.3) is 0 Å². The van der Waals surface area contributed by atoms with E-state index in [0.29, 0.717) is 0 Å². The van der Waals surface area contributed by atoms with Crippen molar-refractivity contribution in [3.05, 3.63) is 45.2 Å². The highest BCUT2D eigenvalue weighted by Gasteiger charge is 2.23. The van der Waals surface area contributed by atoms with Gasteiger partial charge in [-0.05, 0) is 39.5 Å². The second-order valence-corrected chi connectivity index (χ2v) is 6.11. The van der Waals surface area contributed by atoms with E-state index in [4.69, 9.17) is 5.73 Å². The fourth-order valence-corrected chi connectivity index (χ4v) is 3.57. The van der Waals surface area contributed by atoms with Crippen molar-refractivity contribution >= 4 is 21.6 Å². The summed E-state index contributed by atoms with van der Waals surface area (Å²) < 4.78 is 3.13. The molecule has 0 atom stereocenters. The summed E-state index contributed by atoms with van der Waals surface area (Å²) in [6.07, 6.45) is 0.946. The van der Waals surface area contributed by atoms with Crippen LogP contribution in [0.15, 0.2) is 22.7 Å². The van der Waals surface area contributed by atoms with Crippen molar-refractivity contribution in [3.8, 4) is 0 Å². The van der Waals surface area contributed by atoms with Gasteiger partial charge in [0.05, 0.1) is 15.9 Å². The number of nitrogens with zero attached hydrogens (tertiary/aromatic N) is 3. The molecule has 0 amide bonds. The Kier molecular flexibility index (Phi) is 3.56. The van der Waals surface area contributed by atoms with E-state index in [0.717, 1.165) is 41.9 Å². The van der Waals surface area contributed by atoms with Crippen LogP contribution in [-0.2, 0) is 33.1 Å². The maximum absolute atomic E-state index is 6.06. The molecule has 2 heterocycles. The topological polar surface area (TPSA) is 47.1 Å². The van der Waals surface area contributed by atoms with Crippen LogP contribution in [-0.4, -0.2) is 14.7 Å². The van der Waals surface area contributed by atoms with Crippen molar-refractivity contribution in [3.63, 3.8) is 0 Å². The highest BCUT2D eigenvalue weighted by Crippen LogP contribution is 2.30. The Balaban J connectivity index is 1.82. The number of anilines is 1. The Morgan fingerprint density at radius 1 is 1.35 bits per heavy atom. The van der Waals surface area contributed by atoms with Crippen molar-refractivity contribution in [1.29, 1.82) is 0 Å². The Bertz CT molecular complexity index is 648. The van der Waals surface area contributed by atoms with Crippen LogP contribution in [0.25, 0.3) is 0 Å². The van der Waals surface area contributed by atoms with Gasteiger partial charge in [0, 0.05) is 32.4 Å². The number of halogens is 1. The maximum Gasteiger partial charge on any atom is 0.0767 e. The zero-order valence-corrected chi connectivity index (χ0v) is 13.4. The van der Waals surface area contributed by atoms with Crippen LogP contribution in [0.5, 0.6) is 0 Å². The Labute approximate surface area is 127 Å². The normalized spacial score (nSPS) is 14.8. The first-order valence-electron chi connectivity index (χ1n) is 6.89. The van der Waals surface area contributed by atoms with E-state index in [1.54, 1.807) is 0 Å². The predicted octanol–water partition coefficient (Wildman–Crippen LogP) is 2.84. The lowest BCUT2D eigenvalue weighted by atomic mass is 10.1. The first kappa shape index (κ1) is 13.6. The quantitative estimate of drug-likeness (QED) is 0.878. The van der Waals surface area contributed by atoms with Crippen molar-refractivity contribution in [2.45, 2.75) is 33.0 Å². The smallest absolute Gasteiger partial charge is 0.0767 e. The summed E-state index contributed by atoms with van der Waals surface area (Å²) in [6.45, 7) is 4.89. The number of hydrogen-bond donors (Lipinski definition) is 1. The number of aryl methyl sites for hydroxylation is 2. The Hall–Kier alpha value is -1.33. The molecular weight excluding hydrogens is 316 g/mol. The highest BCUT2D eigenvalue weighted by atomic mass is 79.9. The van der Waals surface area contributed by atoms with Gasteiger partial charge in [-0.2, -0.15) is 5.10 Å². The summed E-state index contributed by atoms with van der Waals surface area (Å²) in [5.74, 6) is 0. The molecule has 0 radical (unpaired) electrons. The standard InChI is InChI=1S/C15H19BrN4/c1-3-13-15(16)14(19(2)18-13)9-20-7-10-5-4-6-12(17)11(10)8-20/h4-6H,3,7-9,17H2,1-2H3.